The number of carbonyl (C=O) groups is 1. The Kier molecular flexibility index (Phi) is 4.85. The van der Waals surface area contributed by atoms with Crippen LogP contribution >= 0.6 is 0 Å². The number of nitrogens with one attached hydrogen (secondary N) is 2. The van der Waals surface area contributed by atoms with E-state index in [9.17, 15) is 4.79 Å². The molecule has 21 heavy (non-hydrogen) atoms. The lowest BCUT2D eigenvalue weighted by atomic mass is 9.83. The van der Waals surface area contributed by atoms with Gasteiger partial charge < -0.3 is 10.6 Å². The highest BCUT2D eigenvalue weighted by atomic mass is 16.2. The van der Waals surface area contributed by atoms with Crippen molar-refractivity contribution >= 4 is 5.91 Å². The molecule has 2 aliphatic heterocycles. The van der Waals surface area contributed by atoms with E-state index in [0.29, 0.717) is 11.9 Å². The van der Waals surface area contributed by atoms with Crippen LogP contribution in [-0.2, 0) is 4.79 Å². The number of piperidine rings is 1. The molecule has 3 fully saturated rings. The molecule has 120 valence electrons. The van der Waals surface area contributed by atoms with Gasteiger partial charge in [-0.3, -0.25) is 9.69 Å². The highest BCUT2D eigenvalue weighted by molar-refractivity contribution is 5.82. The van der Waals surface area contributed by atoms with Gasteiger partial charge in [0.1, 0.15) is 0 Å². The minimum absolute atomic E-state index is 0.0533. The quantitative estimate of drug-likeness (QED) is 0.837. The highest BCUT2D eigenvalue weighted by Crippen LogP contribution is 2.29. The molecule has 1 atom stereocenters. The SMILES string of the molecule is CC1(NC(=O)C2CCCN2C2CCNCC2)CCCCC1. The smallest absolute Gasteiger partial charge is 0.237 e. The van der Waals surface area contributed by atoms with Crippen LogP contribution in [0.2, 0.25) is 0 Å². The van der Waals surface area contributed by atoms with E-state index in [0.717, 1.165) is 38.9 Å². The Morgan fingerprint density at radius 2 is 1.81 bits per heavy atom. The molecule has 0 spiro atoms. The van der Waals surface area contributed by atoms with Crippen molar-refractivity contribution < 1.29 is 4.79 Å². The lowest BCUT2D eigenvalue weighted by molar-refractivity contribution is -0.128. The second-order valence-electron chi connectivity index (χ2n) is 7.49. The van der Waals surface area contributed by atoms with Crippen molar-refractivity contribution in [1.82, 2.24) is 15.5 Å². The lowest BCUT2D eigenvalue weighted by Gasteiger charge is -2.39. The molecular formula is C17H31N3O. The molecule has 0 bridgehead atoms. The fraction of sp³-hybridized carbons (Fsp3) is 0.941. The summed E-state index contributed by atoms with van der Waals surface area (Å²) < 4.78 is 0. The number of likely N-dealkylation sites (tertiary alicyclic amines) is 1. The predicted octanol–water partition coefficient (Wildman–Crippen LogP) is 2.04. The Hall–Kier alpha value is -0.610. The van der Waals surface area contributed by atoms with E-state index in [-0.39, 0.29) is 11.6 Å². The van der Waals surface area contributed by atoms with Crippen molar-refractivity contribution in [2.45, 2.75) is 82.3 Å². The van der Waals surface area contributed by atoms with Crippen molar-refractivity contribution in [3.05, 3.63) is 0 Å². The van der Waals surface area contributed by atoms with Gasteiger partial charge in [0.15, 0.2) is 0 Å². The molecule has 1 amide bonds. The molecular weight excluding hydrogens is 262 g/mol. The molecule has 0 aromatic heterocycles. The van der Waals surface area contributed by atoms with Gasteiger partial charge in [0.25, 0.3) is 0 Å². The van der Waals surface area contributed by atoms with Crippen molar-refractivity contribution in [3.8, 4) is 0 Å². The van der Waals surface area contributed by atoms with Crippen LogP contribution in [0.5, 0.6) is 0 Å². The molecule has 0 radical (unpaired) electrons. The summed E-state index contributed by atoms with van der Waals surface area (Å²) in [6, 6.07) is 0.746. The first kappa shape index (κ1) is 15.3. The van der Waals surface area contributed by atoms with Crippen LogP contribution in [0.15, 0.2) is 0 Å². The number of carbonyl (C=O) groups excluding carboxylic acids is 1. The fourth-order valence-electron chi connectivity index (χ4n) is 4.48. The molecule has 4 nitrogen and oxygen atoms in total. The summed E-state index contributed by atoms with van der Waals surface area (Å²) in [7, 11) is 0. The first-order chi connectivity index (χ1) is 10.2. The lowest BCUT2D eigenvalue weighted by Crippen LogP contribution is -2.56. The van der Waals surface area contributed by atoms with Gasteiger partial charge in [-0.25, -0.2) is 0 Å². The molecule has 2 saturated heterocycles. The molecule has 0 aromatic rings. The Balaban J connectivity index is 1.59. The third kappa shape index (κ3) is 3.59. The Morgan fingerprint density at radius 3 is 2.52 bits per heavy atom. The second-order valence-corrected chi connectivity index (χ2v) is 7.49. The van der Waals surface area contributed by atoms with E-state index in [1.165, 1.54) is 38.5 Å². The van der Waals surface area contributed by atoms with Crippen LogP contribution in [-0.4, -0.2) is 48.1 Å². The van der Waals surface area contributed by atoms with E-state index in [4.69, 9.17) is 0 Å². The number of hydrogen-bond acceptors (Lipinski definition) is 3. The Labute approximate surface area is 129 Å². The summed E-state index contributed by atoms with van der Waals surface area (Å²) >= 11 is 0. The van der Waals surface area contributed by atoms with Crippen molar-refractivity contribution in [1.29, 1.82) is 0 Å². The summed E-state index contributed by atoms with van der Waals surface area (Å²) in [5.41, 5.74) is 0.0533. The van der Waals surface area contributed by atoms with Gasteiger partial charge in [-0.1, -0.05) is 19.3 Å². The molecule has 1 unspecified atom stereocenters. The maximum absolute atomic E-state index is 12.8. The second kappa shape index (κ2) is 6.66. The van der Waals surface area contributed by atoms with E-state index in [2.05, 4.69) is 22.5 Å². The molecule has 4 heteroatoms. The normalized spacial score (nSPS) is 31.2. The molecule has 0 aromatic carbocycles. The number of hydrogen-bond donors (Lipinski definition) is 2. The largest absolute Gasteiger partial charge is 0.350 e. The summed E-state index contributed by atoms with van der Waals surface area (Å²) in [6.45, 7) is 5.56. The first-order valence-electron chi connectivity index (χ1n) is 8.96. The zero-order valence-corrected chi connectivity index (χ0v) is 13.5. The zero-order chi connectivity index (χ0) is 14.7. The van der Waals surface area contributed by atoms with Crippen molar-refractivity contribution in [3.63, 3.8) is 0 Å². The monoisotopic (exact) mass is 293 g/mol. The predicted molar refractivity (Wildman–Crippen MR) is 85.3 cm³/mol. The zero-order valence-electron chi connectivity index (χ0n) is 13.5. The fourth-order valence-corrected chi connectivity index (χ4v) is 4.48. The van der Waals surface area contributed by atoms with Crippen LogP contribution < -0.4 is 10.6 Å². The Morgan fingerprint density at radius 1 is 1.10 bits per heavy atom. The maximum Gasteiger partial charge on any atom is 0.237 e. The van der Waals surface area contributed by atoms with Crippen LogP contribution in [0.4, 0.5) is 0 Å². The van der Waals surface area contributed by atoms with Crippen molar-refractivity contribution in [2.75, 3.05) is 19.6 Å². The minimum atomic E-state index is 0.0533. The standard InChI is InChI=1S/C17H31N3O/c1-17(9-3-2-4-10-17)19-16(21)15-6-5-13-20(15)14-7-11-18-12-8-14/h14-15,18H,2-13H2,1H3,(H,19,21). The summed E-state index contributed by atoms with van der Waals surface area (Å²) in [6.07, 6.45) is 10.8. The average molecular weight is 293 g/mol. The number of nitrogens with zero attached hydrogens (tertiary/aromatic N) is 1. The third-order valence-corrected chi connectivity index (χ3v) is 5.76. The van der Waals surface area contributed by atoms with Crippen molar-refractivity contribution in [2.24, 2.45) is 0 Å². The van der Waals surface area contributed by atoms with Crippen LogP contribution in [0.3, 0.4) is 0 Å². The summed E-state index contributed by atoms with van der Waals surface area (Å²) in [5, 5.41) is 6.84. The molecule has 1 aliphatic carbocycles. The Bertz CT molecular complexity index is 359. The van der Waals surface area contributed by atoms with Gasteiger partial charge in [0, 0.05) is 11.6 Å². The maximum atomic E-state index is 12.8. The van der Waals surface area contributed by atoms with Gasteiger partial charge in [-0.2, -0.15) is 0 Å². The van der Waals surface area contributed by atoms with Crippen LogP contribution in [0.1, 0.15) is 64.7 Å². The minimum Gasteiger partial charge on any atom is -0.350 e. The van der Waals surface area contributed by atoms with E-state index in [1.807, 2.05) is 0 Å². The topological polar surface area (TPSA) is 44.4 Å². The van der Waals surface area contributed by atoms with Gasteiger partial charge in [0.2, 0.25) is 5.91 Å². The molecule has 2 heterocycles. The van der Waals surface area contributed by atoms with Gasteiger partial charge in [-0.05, 0) is 65.1 Å². The highest BCUT2D eigenvalue weighted by Gasteiger charge is 2.38. The molecule has 3 aliphatic rings. The number of amides is 1. The van der Waals surface area contributed by atoms with Gasteiger partial charge in [-0.15, -0.1) is 0 Å². The van der Waals surface area contributed by atoms with Crippen LogP contribution in [0.25, 0.3) is 0 Å². The van der Waals surface area contributed by atoms with E-state index in [1.54, 1.807) is 0 Å². The number of rotatable bonds is 3. The van der Waals surface area contributed by atoms with E-state index < -0.39 is 0 Å². The molecule has 1 saturated carbocycles. The summed E-state index contributed by atoms with van der Waals surface area (Å²) in [4.78, 5) is 15.3. The average Bonchev–Trinajstić information content (AvgIpc) is 2.98. The third-order valence-electron chi connectivity index (χ3n) is 5.76. The van der Waals surface area contributed by atoms with Crippen LogP contribution in [0, 0.1) is 0 Å². The van der Waals surface area contributed by atoms with E-state index >= 15 is 0 Å². The molecule has 2 N–H and O–H groups in total. The van der Waals surface area contributed by atoms with Gasteiger partial charge >= 0.3 is 0 Å². The first-order valence-corrected chi connectivity index (χ1v) is 8.96. The van der Waals surface area contributed by atoms with Gasteiger partial charge in [0.05, 0.1) is 6.04 Å². The molecule has 3 rings (SSSR count). The summed E-state index contributed by atoms with van der Waals surface area (Å²) in [5.74, 6) is 0.301.